The van der Waals surface area contributed by atoms with Gasteiger partial charge in [0.1, 0.15) is 0 Å². The molecule has 0 saturated heterocycles. The summed E-state index contributed by atoms with van der Waals surface area (Å²) in [5.74, 6) is 1.48. The van der Waals surface area contributed by atoms with Crippen LogP contribution in [0.15, 0.2) is 36.4 Å². The van der Waals surface area contributed by atoms with Crippen LogP contribution in [0.5, 0.6) is 11.5 Å². The molecule has 0 aromatic heterocycles. The number of amides is 1. The zero-order chi connectivity index (χ0) is 16.2. The smallest absolute Gasteiger partial charge is 0.231 e. The minimum atomic E-state index is -0.00403. The lowest BCUT2D eigenvalue weighted by Gasteiger charge is -2.12. The summed E-state index contributed by atoms with van der Waals surface area (Å²) in [6, 6.07) is 11.6. The third-order valence-corrected chi connectivity index (χ3v) is 3.80. The monoisotopic (exact) mass is 312 g/mol. The van der Waals surface area contributed by atoms with Crippen molar-refractivity contribution in [3.63, 3.8) is 0 Å². The SMILES string of the molecule is Cc1cccc(C)c1NC(=O)CCNc1ccc2c(c1)OCO2. The van der Waals surface area contributed by atoms with Crippen molar-refractivity contribution in [2.45, 2.75) is 20.3 Å². The van der Waals surface area contributed by atoms with Crippen molar-refractivity contribution in [3.8, 4) is 11.5 Å². The van der Waals surface area contributed by atoms with Crippen LogP contribution in [-0.2, 0) is 4.79 Å². The maximum Gasteiger partial charge on any atom is 0.231 e. The topological polar surface area (TPSA) is 59.6 Å². The molecule has 2 N–H and O–H groups in total. The summed E-state index contributed by atoms with van der Waals surface area (Å²) in [5.41, 5.74) is 3.96. The Hall–Kier alpha value is -2.69. The Morgan fingerprint density at radius 1 is 1.09 bits per heavy atom. The maximum absolute atomic E-state index is 12.1. The van der Waals surface area contributed by atoms with E-state index in [1.165, 1.54) is 0 Å². The lowest BCUT2D eigenvalue weighted by atomic mass is 10.1. The number of para-hydroxylation sites is 1. The Kier molecular flexibility index (Phi) is 4.37. The fourth-order valence-corrected chi connectivity index (χ4v) is 2.54. The third-order valence-electron chi connectivity index (χ3n) is 3.80. The zero-order valence-electron chi connectivity index (χ0n) is 13.3. The van der Waals surface area contributed by atoms with E-state index >= 15 is 0 Å². The number of carbonyl (C=O) groups is 1. The van der Waals surface area contributed by atoms with Crippen LogP contribution in [-0.4, -0.2) is 19.2 Å². The largest absolute Gasteiger partial charge is 0.454 e. The highest BCUT2D eigenvalue weighted by molar-refractivity contribution is 5.92. The van der Waals surface area contributed by atoms with Gasteiger partial charge in [0.2, 0.25) is 12.7 Å². The maximum atomic E-state index is 12.1. The second-order valence-corrected chi connectivity index (χ2v) is 5.56. The highest BCUT2D eigenvalue weighted by Gasteiger charge is 2.13. The first-order valence-electron chi connectivity index (χ1n) is 7.63. The molecular formula is C18H20N2O3. The van der Waals surface area contributed by atoms with Gasteiger partial charge in [0, 0.05) is 30.4 Å². The summed E-state index contributed by atoms with van der Waals surface area (Å²) in [6.07, 6.45) is 0.391. The highest BCUT2D eigenvalue weighted by Crippen LogP contribution is 2.34. The average molecular weight is 312 g/mol. The predicted molar refractivity (Wildman–Crippen MR) is 90.2 cm³/mol. The molecule has 2 aromatic carbocycles. The quantitative estimate of drug-likeness (QED) is 0.887. The summed E-state index contributed by atoms with van der Waals surface area (Å²) in [4.78, 5) is 12.1. The molecule has 1 amide bonds. The van der Waals surface area contributed by atoms with E-state index in [0.29, 0.717) is 13.0 Å². The van der Waals surface area contributed by atoms with Crippen molar-refractivity contribution in [2.75, 3.05) is 24.0 Å². The number of hydrogen-bond acceptors (Lipinski definition) is 4. The molecule has 1 heterocycles. The second kappa shape index (κ2) is 6.60. The first-order valence-corrected chi connectivity index (χ1v) is 7.63. The summed E-state index contributed by atoms with van der Waals surface area (Å²) in [6.45, 7) is 4.80. The molecule has 1 aliphatic heterocycles. The molecule has 23 heavy (non-hydrogen) atoms. The van der Waals surface area contributed by atoms with Gasteiger partial charge in [0.15, 0.2) is 11.5 Å². The predicted octanol–water partition coefficient (Wildman–Crippen LogP) is 3.47. The zero-order valence-corrected chi connectivity index (χ0v) is 13.3. The van der Waals surface area contributed by atoms with Crippen molar-refractivity contribution in [1.29, 1.82) is 0 Å². The minimum absolute atomic E-state index is 0.00403. The van der Waals surface area contributed by atoms with Gasteiger partial charge in [0.25, 0.3) is 0 Å². The number of fused-ring (bicyclic) bond motifs is 1. The van der Waals surface area contributed by atoms with Crippen molar-refractivity contribution in [1.82, 2.24) is 0 Å². The van der Waals surface area contributed by atoms with E-state index < -0.39 is 0 Å². The van der Waals surface area contributed by atoms with Crippen LogP contribution in [0, 0.1) is 13.8 Å². The van der Waals surface area contributed by atoms with Crippen LogP contribution >= 0.6 is 0 Å². The molecule has 0 saturated carbocycles. The van der Waals surface area contributed by atoms with E-state index in [1.54, 1.807) is 0 Å². The Balaban J connectivity index is 1.51. The lowest BCUT2D eigenvalue weighted by Crippen LogP contribution is -2.17. The van der Waals surface area contributed by atoms with Gasteiger partial charge < -0.3 is 20.1 Å². The van der Waals surface area contributed by atoms with E-state index in [-0.39, 0.29) is 12.7 Å². The van der Waals surface area contributed by atoms with Gasteiger partial charge in [-0.1, -0.05) is 18.2 Å². The number of ether oxygens (including phenoxy) is 2. The van der Waals surface area contributed by atoms with E-state index in [0.717, 1.165) is 34.0 Å². The molecule has 0 atom stereocenters. The summed E-state index contributed by atoms with van der Waals surface area (Å²) >= 11 is 0. The number of aryl methyl sites for hydroxylation is 2. The molecule has 0 fully saturated rings. The third kappa shape index (κ3) is 3.56. The lowest BCUT2D eigenvalue weighted by molar-refractivity contribution is -0.115. The van der Waals surface area contributed by atoms with Crippen molar-refractivity contribution in [2.24, 2.45) is 0 Å². The summed E-state index contributed by atoms with van der Waals surface area (Å²) < 4.78 is 10.6. The van der Waals surface area contributed by atoms with Crippen molar-refractivity contribution < 1.29 is 14.3 Å². The molecule has 120 valence electrons. The van der Waals surface area contributed by atoms with Crippen LogP contribution in [0.25, 0.3) is 0 Å². The molecular weight excluding hydrogens is 292 g/mol. The van der Waals surface area contributed by atoms with Gasteiger partial charge in [-0.05, 0) is 37.1 Å². The Morgan fingerprint density at radius 3 is 2.61 bits per heavy atom. The average Bonchev–Trinajstić information content (AvgIpc) is 2.99. The highest BCUT2D eigenvalue weighted by atomic mass is 16.7. The molecule has 0 unspecified atom stereocenters. The number of benzene rings is 2. The standard InChI is InChI=1S/C18H20N2O3/c1-12-4-3-5-13(2)18(12)20-17(21)8-9-19-14-6-7-15-16(10-14)23-11-22-15/h3-7,10,19H,8-9,11H2,1-2H3,(H,20,21). The van der Waals surface area contributed by atoms with Crippen LogP contribution < -0.4 is 20.1 Å². The number of nitrogens with one attached hydrogen (secondary N) is 2. The molecule has 2 aromatic rings. The van der Waals surface area contributed by atoms with Crippen molar-refractivity contribution in [3.05, 3.63) is 47.5 Å². The van der Waals surface area contributed by atoms with Gasteiger partial charge in [0.05, 0.1) is 0 Å². The van der Waals surface area contributed by atoms with E-state index in [9.17, 15) is 4.79 Å². The number of rotatable bonds is 5. The molecule has 0 spiro atoms. The normalized spacial score (nSPS) is 12.1. The minimum Gasteiger partial charge on any atom is -0.454 e. The summed E-state index contributed by atoms with van der Waals surface area (Å²) in [7, 11) is 0. The van der Waals surface area contributed by atoms with Gasteiger partial charge >= 0.3 is 0 Å². The molecule has 0 aliphatic carbocycles. The first kappa shape index (κ1) is 15.2. The first-order chi connectivity index (χ1) is 11.1. The number of carbonyl (C=O) groups excluding carboxylic acids is 1. The molecule has 0 radical (unpaired) electrons. The van der Waals surface area contributed by atoms with Crippen LogP contribution in [0.4, 0.5) is 11.4 Å². The van der Waals surface area contributed by atoms with Gasteiger partial charge in [-0.15, -0.1) is 0 Å². The van der Waals surface area contributed by atoms with Crippen molar-refractivity contribution >= 4 is 17.3 Å². The fourth-order valence-electron chi connectivity index (χ4n) is 2.54. The Bertz CT molecular complexity index is 708. The van der Waals surface area contributed by atoms with Crippen LogP contribution in [0.3, 0.4) is 0 Å². The Labute approximate surface area is 135 Å². The second-order valence-electron chi connectivity index (χ2n) is 5.56. The van der Waals surface area contributed by atoms with E-state index in [1.807, 2.05) is 50.2 Å². The Morgan fingerprint density at radius 2 is 1.83 bits per heavy atom. The van der Waals surface area contributed by atoms with E-state index in [2.05, 4.69) is 10.6 Å². The summed E-state index contributed by atoms with van der Waals surface area (Å²) in [5, 5.41) is 6.21. The molecule has 0 bridgehead atoms. The molecule has 5 heteroatoms. The van der Waals surface area contributed by atoms with Crippen LogP contribution in [0.2, 0.25) is 0 Å². The number of hydrogen-bond donors (Lipinski definition) is 2. The van der Waals surface area contributed by atoms with Gasteiger partial charge in [-0.25, -0.2) is 0 Å². The van der Waals surface area contributed by atoms with Crippen LogP contribution in [0.1, 0.15) is 17.5 Å². The van der Waals surface area contributed by atoms with Gasteiger partial charge in [-0.3, -0.25) is 4.79 Å². The van der Waals surface area contributed by atoms with E-state index in [4.69, 9.17) is 9.47 Å². The molecule has 3 rings (SSSR count). The van der Waals surface area contributed by atoms with Gasteiger partial charge in [-0.2, -0.15) is 0 Å². The fraction of sp³-hybridized carbons (Fsp3) is 0.278. The molecule has 5 nitrogen and oxygen atoms in total. The number of anilines is 2. The molecule has 1 aliphatic rings.